The van der Waals surface area contributed by atoms with Gasteiger partial charge in [-0.1, -0.05) is 50.3 Å². The van der Waals surface area contributed by atoms with Gasteiger partial charge in [-0.3, -0.25) is 4.79 Å². The standard InChI is InChI=1S/C14H18O/c1-4-13(12(3)15)10-11(2)14-8-6-5-7-9-14/h5-11H,4H2,1-3H3/b13-10+. The molecule has 0 aliphatic heterocycles. The molecule has 1 heteroatoms. The van der Waals surface area contributed by atoms with Gasteiger partial charge in [0.05, 0.1) is 0 Å². The summed E-state index contributed by atoms with van der Waals surface area (Å²) >= 11 is 0. The summed E-state index contributed by atoms with van der Waals surface area (Å²) in [6.45, 7) is 5.77. The van der Waals surface area contributed by atoms with Crippen LogP contribution in [0.4, 0.5) is 0 Å². The summed E-state index contributed by atoms with van der Waals surface area (Å²) in [7, 11) is 0. The van der Waals surface area contributed by atoms with Gasteiger partial charge < -0.3 is 0 Å². The van der Waals surface area contributed by atoms with E-state index in [0.717, 1.165) is 12.0 Å². The Bertz CT molecular complexity index is 349. The molecule has 15 heavy (non-hydrogen) atoms. The first kappa shape index (κ1) is 11.7. The lowest BCUT2D eigenvalue weighted by Gasteiger charge is -2.08. The van der Waals surface area contributed by atoms with Gasteiger partial charge in [0.2, 0.25) is 0 Å². The fourth-order valence-electron chi connectivity index (χ4n) is 1.64. The quantitative estimate of drug-likeness (QED) is 0.680. The van der Waals surface area contributed by atoms with Gasteiger partial charge >= 0.3 is 0 Å². The zero-order valence-electron chi connectivity index (χ0n) is 9.66. The highest BCUT2D eigenvalue weighted by Crippen LogP contribution is 2.19. The molecule has 0 aliphatic carbocycles. The topological polar surface area (TPSA) is 17.1 Å². The van der Waals surface area contributed by atoms with Gasteiger partial charge in [0.1, 0.15) is 0 Å². The number of hydrogen-bond donors (Lipinski definition) is 0. The third kappa shape index (κ3) is 3.35. The summed E-state index contributed by atoms with van der Waals surface area (Å²) in [5.41, 5.74) is 2.18. The van der Waals surface area contributed by atoms with Crippen LogP contribution in [0.2, 0.25) is 0 Å². The maximum atomic E-state index is 11.3. The predicted molar refractivity (Wildman–Crippen MR) is 63.9 cm³/mol. The molecule has 0 amide bonds. The van der Waals surface area contributed by atoms with Crippen molar-refractivity contribution in [3.05, 3.63) is 47.5 Å². The summed E-state index contributed by atoms with van der Waals surface area (Å²) in [4.78, 5) is 11.3. The van der Waals surface area contributed by atoms with E-state index in [9.17, 15) is 4.79 Å². The first-order valence-electron chi connectivity index (χ1n) is 5.41. The van der Waals surface area contributed by atoms with Crippen LogP contribution < -0.4 is 0 Å². The Morgan fingerprint density at radius 1 is 1.33 bits per heavy atom. The van der Waals surface area contributed by atoms with Crippen LogP contribution >= 0.6 is 0 Å². The summed E-state index contributed by atoms with van der Waals surface area (Å²) in [6, 6.07) is 10.2. The zero-order chi connectivity index (χ0) is 11.3. The maximum absolute atomic E-state index is 11.3. The minimum atomic E-state index is 0.181. The molecule has 0 saturated heterocycles. The van der Waals surface area contributed by atoms with Crippen molar-refractivity contribution in [3.63, 3.8) is 0 Å². The highest BCUT2D eigenvalue weighted by Gasteiger charge is 2.05. The van der Waals surface area contributed by atoms with Crippen LogP contribution in [0.5, 0.6) is 0 Å². The molecule has 1 rings (SSSR count). The molecule has 0 spiro atoms. The molecular weight excluding hydrogens is 184 g/mol. The van der Waals surface area contributed by atoms with E-state index in [1.807, 2.05) is 25.1 Å². The third-order valence-electron chi connectivity index (χ3n) is 2.61. The van der Waals surface area contributed by atoms with Crippen molar-refractivity contribution in [2.24, 2.45) is 0 Å². The second-order valence-corrected chi connectivity index (χ2v) is 3.80. The molecule has 0 N–H and O–H groups in total. The molecule has 80 valence electrons. The van der Waals surface area contributed by atoms with Crippen LogP contribution in [0.1, 0.15) is 38.7 Å². The summed E-state index contributed by atoms with van der Waals surface area (Å²) in [6.07, 6.45) is 2.88. The molecule has 0 heterocycles. The van der Waals surface area contributed by atoms with Crippen molar-refractivity contribution in [3.8, 4) is 0 Å². The van der Waals surface area contributed by atoms with Crippen molar-refractivity contribution in [2.75, 3.05) is 0 Å². The van der Waals surface area contributed by atoms with E-state index in [-0.39, 0.29) is 5.78 Å². The Kier molecular flexibility index (Phi) is 4.29. The second-order valence-electron chi connectivity index (χ2n) is 3.80. The first-order chi connectivity index (χ1) is 7.15. The molecule has 0 bridgehead atoms. The smallest absolute Gasteiger partial charge is 0.155 e. The number of benzene rings is 1. The molecule has 0 aromatic heterocycles. The van der Waals surface area contributed by atoms with Gasteiger partial charge in [0.15, 0.2) is 5.78 Å². The normalized spacial score (nSPS) is 13.7. The van der Waals surface area contributed by atoms with Crippen LogP contribution in [0.25, 0.3) is 0 Å². The van der Waals surface area contributed by atoms with Crippen LogP contribution in [0.15, 0.2) is 42.0 Å². The number of ketones is 1. The van der Waals surface area contributed by atoms with E-state index in [0.29, 0.717) is 5.92 Å². The number of allylic oxidation sites excluding steroid dienone is 2. The number of hydrogen-bond acceptors (Lipinski definition) is 1. The second kappa shape index (κ2) is 5.50. The lowest BCUT2D eigenvalue weighted by atomic mass is 9.96. The zero-order valence-corrected chi connectivity index (χ0v) is 9.66. The Morgan fingerprint density at radius 2 is 1.93 bits per heavy atom. The van der Waals surface area contributed by atoms with Gasteiger partial charge in [-0.25, -0.2) is 0 Å². The van der Waals surface area contributed by atoms with Gasteiger partial charge in [-0.2, -0.15) is 0 Å². The Balaban J connectivity index is 2.86. The SMILES string of the molecule is CC/C(=C\C(C)c1ccccc1)C(C)=O. The highest BCUT2D eigenvalue weighted by molar-refractivity contribution is 5.93. The molecular formula is C14H18O. The third-order valence-corrected chi connectivity index (χ3v) is 2.61. The van der Waals surface area contributed by atoms with Crippen LogP contribution in [-0.4, -0.2) is 5.78 Å². The molecule has 1 aromatic carbocycles. The van der Waals surface area contributed by atoms with Crippen molar-refractivity contribution >= 4 is 5.78 Å². The monoisotopic (exact) mass is 202 g/mol. The molecule has 1 aromatic rings. The van der Waals surface area contributed by atoms with Gasteiger partial charge in [0.25, 0.3) is 0 Å². The lowest BCUT2D eigenvalue weighted by Crippen LogP contribution is -1.98. The Labute approximate surface area is 91.8 Å². The fourth-order valence-corrected chi connectivity index (χ4v) is 1.64. The average molecular weight is 202 g/mol. The molecule has 1 nitrogen and oxygen atoms in total. The van der Waals surface area contributed by atoms with Crippen molar-refractivity contribution in [1.29, 1.82) is 0 Å². The number of carbonyl (C=O) groups excluding carboxylic acids is 1. The first-order valence-corrected chi connectivity index (χ1v) is 5.41. The number of carbonyl (C=O) groups is 1. The van der Waals surface area contributed by atoms with Gasteiger partial charge in [-0.05, 0) is 30.4 Å². The van der Waals surface area contributed by atoms with E-state index in [1.165, 1.54) is 5.56 Å². The summed E-state index contributed by atoms with van der Waals surface area (Å²) in [5.74, 6) is 0.491. The largest absolute Gasteiger partial charge is 0.295 e. The fraction of sp³-hybridized carbons (Fsp3) is 0.357. The van der Waals surface area contributed by atoms with E-state index < -0.39 is 0 Å². The predicted octanol–water partition coefficient (Wildman–Crippen LogP) is 3.72. The minimum Gasteiger partial charge on any atom is -0.295 e. The Morgan fingerprint density at radius 3 is 2.40 bits per heavy atom. The molecule has 0 aliphatic rings. The number of Topliss-reactive ketones (excluding diaryl/α,β-unsaturated/α-hetero) is 1. The van der Waals surface area contributed by atoms with Crippen LogP contribution in [-0.2, 0) is 4.79 Å². The van der Waals surface area contributed by atoms with E-state index in [1.54, 1.807) is 6.92 Å². The maximum Gasteiger partial charge on any atom is 0.155 e. The molecule has 1 unspecified atom stereocenters. The Hall–Kier alpha value is -1.37. The summed E-state index contributed by atoms with van der Waals surface area (Å²) in [5, 5.41) is 0. The summed E-state index contributed by atoms with van der Waals surface area (Å²) < 4.78 is 0. The van der Waals surface area contributed by atoms with Gasteiger partial charge in [-0.15, -0.1) is 0 Å². The van der Waals surface area contributed by atoms with E-state index in [2.05, 4.69) is 25.1 Å². The average Bonchev–Trinajstić information content (AvgIpc) is 2.26. The van der Waals surface area contributed by atoms with Crippen molar-refractivity contribution in [1.82, 2.24) is 0 Å². The molecule has 0 radical (unpaired) electrons. The minimum absolute atomic E-state index is 0.181. The van der Waals surface area contributed by atoms with Crippen molar-refractivity contribution in [2.45, 2.75) is 33.1 Å². The van der Waals surface area contributed by atoms with E-state index >= 15 is 0 Å². The van der Waals surface area contributed by atoms with Gasteiger partial charge in [0, 0.05) is 0 Å². The molecule has 1 atom stereocenters. The molecule has 0 fully saturated rings. The van der Waals surface area contributed by atoms with Crippen LogP contribution in [0.3, 0.4) is 0 Å². The van der Waals surface area contributed by atoms with E-state index in [4.69, 9.17) is 0 Å². The highest BCUT2D eigenvalue weighted by atomic mass is 16.1. The lowest BCUT2D eigenvalue weighted by molar-refractivity contribution is -0.113. The number of rotatable bonds is 4. The molecule has 0 saturated carbocycles. The van der Waals surface area contributed by atoms with Crippen LogP contribution in [0, 0.1) is 0 Å². The van der Waals surface area contributed by atoms with Crippen molar-refractivity contribution < 1.29 is 4.79 Å².